The number of hydrazine groups is 1. The first kappa shape index (κ1) is 12.9. The highest BCUT2D eigenvalue weighted by Crippen LogP contribution is 2.30. The molecule has 5 N–H and O–H groups in total. The molecular weight excluding hydrogens is 252 g/mol. The van der Waals surface area contributed by atoms with Crippen LogP contribution >= 0.6 is 0 Å². The topological polar surface area (TPSA) is 86.2 Å². The number of nitrogens with zero attached hydrogens (tertiary/aromatic N) is 1. The summed E-state index contributed by atoms with van der Waals surface area (Å²) in [5, 5.41) is 0. The van der Waals surface area contributed by atoms with Gasteiger partial charge in [0, 0.05) is 24.5 Å². The maximum atomic E-state index is 5.97. The Bertz CT molecular complexity index is 577. The zero-order chi connectivity index (χ0) is 13.9. The molecule has 20 heavy (non-hydrogen) atoms. The van der Waals surface area contributed by atoms with Crippen LogP contribution in [-0.2, 0) is 12.8 Å². The molecule has 2 atom stereocenters. The number of nitrogen functional groups attached to an aromatic ring is 1. The van der Waals surface area contributed by atoms with E-state index < -0.39 is 0 Å². The predicted octanol–water partition coefficient (Wildman–Crippen LogP) is 1.04. The first-order chi connectivity index (χ1) is 9.78. The number of fused-ring (bicyclic) bond motifs is 1. The van der Waals surface area contributed by atoms with E-state index in [0.717, 1.165) is 23.4 Å². The summed E-state index contributed by atoms with van der Waals surface area (Å²) >= 11 is 0. The Morgan fingerprint density at radius 3 is 2.95 bits per heavy atom. The molecule has 104 valence electrons. The van der Waals surface area contributed by atoms with Crippen LogP contribution in [0.25, 0.3) is 0 Å². The predicted molar refractivity (Wildman–Crippen MR) is 78.0 cm³/mol. The standard InChI is InChI=1S/C15H18N4O/c16-12-5-6-18-9-11(12)7-13(19-17)15-8-10-3-1-2-4-14(10)20-15/h1-6,9,13,15,19H,7-8,17H2,(H2,16,18). The molecule has 1 aromatic carbocycles. The molecule has 1 aliphatic heterocycles. The maximum absolute atomic E-state index is 5.97. The minimum atomic E-state index is -0.00565. The molecule has 3 rings (SSSR count). The number of rotatable bonds is 4. The summed E-state index contributed by atoms with van der Waals surface area (Å²) in [7, 11) is 0. The van der Waals surface area contributed by atoms with E-state index in [0.29, 0.717) is 6.42 Å². The molecule has 5 nitrogen and oxygen atoms in total. The molecule has 5 heteroatoms. The van der Waals surface area contributed by atoms with E-state index in [2.05, 4.69) is 16.5 Å². The number of nitrogens with one attached hydrogen (secondary N) is 1. The molecule has 0 fully saturated rings. The second-order valence-electron chi connectivity index (χ2n) is 5.02. The molecular formula is C15H18N4O. The van der Waals surface area contributed by atoms with E-state index in [1.807, 2.05) is 18.2 Å². The summed E-state index contributed by atoms with van der Waals surface area (Å²) in [5.41, 5.74) is 11.7. The summed E-state index contributed by atoms with van der Waals surface area (Å²) < 4.78 is 5.97. The largest absolute Gasteiger partial charge is 0.488 e. The van der Waals surface area contributed by atoms with Crippen LogP contribution in [0, 0.1) is 0 Å². The number of nitrogens with two attached hydrogens (primary N) is 2. The van der Waals surface area contributed by atoms with Crippen LogP contribution in [0.5, 0.6) is 5.75 Å². The number of para-hydroxylation sites is 1. The van der Waals surface area contributed by atoms with Gasteiger partial charge in [-0.25, -0.2) is 0 Å². The van der Waals surface area contributed by atoms with Crippen molar-refractivity contribution in [3.63, 3.8) is 0 Å². The fourth-order valence-corrected chi connectivity index (χ4v) is 2.58. The summed E-state index contributed by atoms with van der Waals surface area (Å²) in [6.45, 7) is 0. The normalized spacial score (nSPS) is 18.4. The van der Waals surface area contributed by atoms with Crippen molar-refractivity contribution in [1.82, 2.24) is 10.4 Å². The number of anilines is 1. The monoisotopic (exact) mass is 270 g/mol. The highest BCUT2D eigenvalue weighted by atomic mass is 16.5. The van der Waals surface area contributed by atoms with Crippen LogP contribution in [-0.4, -0.2) is 17.1 Å². The first-order valence-electron chi connectivity index (χ1n) is 6.67. The van der Waals surface area contributed by atoms with Crippen LogP contribution in [0.1, 0.15) is 11.1 Å². The molecule has 0 spiro atoms. The molecule has 1 aromatic heterocycles. The van der Waals surface area contributed by atoms with Gasteiger partial charge in [0.1, 0.15) is 11.9 Å². The quantitative estimate of drug-likeness (QED) is 0.571. The van der Waals surface area contributed by atoms with Crippen LogP contribution in [0.3, 0.4) is 0 Å². The summed E-state index contributed by atoms with van der Waals surface area (Å²) in [6, 6.07) is 9.86. The van der Waals surface area contributed by atoms with Gasteiger partial charge < -0.3 is 10.5 Å². The van der Waals surface area contributed by atoms with Crippen molar-refractivity contribution in [2.24, 2.45) is 5.84 Å². The Labute approximate surface area is 117 Å². The van der Waals surface area contributed by atoms with Gasteiger partial charge in [0.05, 0.1) is 6.04 Å². The maximum Gasteiger partial charge on any atom is 0.123 e. The lowest BCUT2D eigenvalue weighted by Gasteiger charge is -2.23. The molecule has 0 saturated carbocycles. The third-order valence-corrected chi connectivity index (χ3v) is 3.72. The van der Waals surface area contributed by atoms with Crippen LogP contribution in [0.4, 0.5) is 5.69 Å². The van der Waals surface area contributed by atoms with Gasteiger partial charge in [-0.3, -0.25) is 16.3 Å². The second kappa shape index (κ2) is 5.48. The molecule has 0 amide bonds. The van der Waals surface area contributed by atoms with E-state index >= 15 is 0 Å². The minimum Gasteiger partial charge on any atom is -0.488 e. The molecule has 0 saturated heterocycles. The van der Waals surface area contributed by atoms with Crippen molar-refractivity contribution in [1.29, 1.82) is 0 Å². The number of benzene rings is 1. The van der Waals surface area contributed by atoms with E-state index in [1.54, 1.807) is 18.5 Å². The Morgan fingerprint density at radius 1 is 1.35 bits per heavy atom. The zero-order valence-electron chi connectivity index (χ0n) is 11.1. The second-order valence-corrected chi connectivity index (χ2v) is 5.02. The van der Waals surface area contributed by atoms with Crippen molar-refractivity contribution in [3.05, 3.63) is 53.9 Å². The zero-order valence-corrected chi connectivity index (χ0v) is 11.1. The summed E-state index contributed by atoms with van der Waals surface area (Å²) in [4.78, 5) is 4.11. The highest BCUT2D eigenvalue weighted by molar-refractivity contribution is 5.45. The van der Waals surface area contributed by atoms with Gasteiger partial charge in [0.2, 0.25) is 0 Å². The van der Waals surface area contributed by atoms with Crippen molar-refractivity contribution in [2.45, 2.75) is 25.0 Å². The smallest absolute Gasteiger partial charge is 0.123 e. The minimum absolute atomic E-state index is 0.00565. The van der Waals surface area contributed by atoms with Gasteiger partial charge in [-0.05, 0) is 29.7 Å². The number of aromatic nitrogens is 1. The van der Waals surface area contributed by atoms with Crippen molar-refractivity contribution in [2.75, 3.05) is 5.73 Å². The van der Waals surface area contributed by atoms with E-state index in [4.69, 9.17) is 16.3 Å². The number of hydrogen-bond acceptors (Lipinski definition) is 5. The third-order valence-electron chi connectivity index (χ3n) is 3.72. The van der Waals surface area contributed by atoms with Crippen LogP contribution < -0.4 is 21.7 Å². The lowest BCUT2D eigenvalue weighted by molar-refractivity contribution is 0.177. The average Bonchev–Trinajstić information content (AvgIpc) is 2.90. The highest BCUT2D eigenvalue weighted by Gasteiger charge is 2.30. The molecule has 0 radical (unpaired) electrons. The molecule has 0 aliphatic carbocycles. The fourth-order valence-electron chi connectivity index (χ4n) is 2.58. The molecule has 2 heterocycles. The molecule has 2 unspecified atom stereocenters. The lowest BCUT2D eigenvalue weighted by atomic mass is 9.98. The van der Waals surface area contributed by atoms with E-state index in [1.165, 1.54) is 5.56 Å². The number of pyridine rings is 1. The fraction of sp³-hybridized carbons (Fsp3) is 0.267. The Kier molecular flexibility index (Phi) is 3.54. The van der Waals surface area contributed by atoms with Gasteiger partial charge in [-0.15, -0.1) is 0 Å². The summed E-state index contributed by atoms with van der Waals surface area (Å²) in [6.07, 6.45) is 5.02. The van der Waals surface area contributed by atoms with Crippen molar-refractivity contribution >= 4 is 5.69 Å². The van der Waals surface area contributed by atoms with E-state index in [-0.39, 0.29) is 12.1 Å². The van der Waals surface area contributed by atoms with Crippen LogP contribution in [0.2, 0.25) is 0 Å². The average molecular weight is 270 g/mol. The Hall–Kier alpha value is -2.11. The molecule has 1 aliphatic rings. The molecule has 2 aromatic rings. The van der Waals surface area contributed by atoms with Crippen molar-refractivity contribution in [3.8, 4) is 5.75 Å². The Morgan fingerprint density at radius 2 is 2.20 bits per heavy atom. The SMILES string of the molecule is NNC(Cc1cnccc1N)C1Cc2ccccc2O1. The summed E-state index contributed by atoms with van der Waals surface area (Å²) in [5.74, 6) is 6.64. The van der Waals surface area contributed by atoms with Gasteiger partial charge in [-0.1, -0.05) is 18.2 Å². The Balaban J connectivity index is 1.74. The van der Waals surface area contributed by atoms with E-state index in [9.17, 15) is 0 Å². The van der Waals surface area contributed by atoms with Crippen LogP contribution in [0.15, 0.2) is 42.7 Å². The van der Waals surface area contributed by atoms with Gasteiger partial charge in [0.25, 0.3) is 0 Å². The van der Waals surface area contributed by atoms with Gasteiger partial charge >= 0.3 is 0 Å². The number of ether oxygens (including phenoxy) is 1. The lowest BCUT2D eigenvalue weighted by Crippen LogP contribution is -2.47. The van der Waals surface area contributed by atoms with Gasteiger partial charge in [-0.2, -0.15) is 0 Å². The third kappa shape index (κ3) is 2.45. The van der Waals surface area contributed by atoms with Gasteiger partial charge in [0.15, 0.2) is 0 Å². The molecule has 0 bridgehead atoms. The van der Waals surface area contributed by atoms with Crippen molar-refractivity contribution < 1.29 is 4.74 Å². The first-order valence-corrected chi connectivity index (χ1v) is 6.67. The number of hydrogen-bond donors (Lipinski definition) is 3.